The number of carbonyl (C=O) groups is 1. The minimum absolute atomic E-state index is 0.0144. The highest BCUT2D eigenvalue weighted by molar-refractivity contribution is 5.70. The van der Waals surface area contributed by atoms with E-state index in [1.165, 1.54) is 0 Å². The smallest absolute Gasteiger partial charge is 0.309 e. The second kappa shape index (κ2) is 4.26. The second-order valence-electron chi connectivity index (χ2n) is 3.61. The summed E-state index contributed by atoms with van der Waals surface area (Å²) in [7, 11) is 0. The molecule has 1 rings (SSSR count). The summed E-state index contributed by atoms with van der Waals surface area (Å²) in [5, 5.41) is 12.9. The molecule has 0 spiro atoms. The van der Waals surface area contributed by atoms with Gasteiger partial charge in [0.15, 0.2) is 0 Å². The van der Waals surface area contributed by atoms with Gasteiger partial charge < -0.3 is 5.11 Å². The third-order valence-electron chi connectivity index (χ3n) is 2.14. The van der Waals surface area contributed by atoms with Gasteiger partial charge in [-0.15, -0.1) is 0 Å². The average molecular weight is 196 g/mol. The molecule has 0 radical (unpaired) electrons. The van der Waals surface area contributed by atoms with Crippen molar-refractivity contribution in [3.8, 4) is 0 Å². The normalized spacial score (nSPS) is 10.9. The number of aromatic nitrogens is 2. The van der Waals surface area contributed by atoms with Crippen LogP contribution in [0.4, 0.5) is 0 Å². The SMILES string of the molecule is CCn1cc(C(C)C)c(CC(=O)O)n1. The van der Waals surface area contributed by atoms with Gasteiger partial charge in [-0.05, 0) is 18.4 Å². The molecule has 0 saturated heterocycles. The molecule has 14 heavy (non-hydrogen) atoms. The maximum atomic E-state index is 10.6. The van der Waals surface area contributed by atoms with Crippen LogP contribution in [-0.2, 0) is 17.8 Å². The Balaban J connectivity index is 2.99. The molecule has 78 valence electrons. The topological polar surface area (TPSA) is 55.1 Å². The number of nitrogens with zero attached hydrogens (tertiary/aromatic N) is 2. The van der Waals surface area contributed by atoms with Crippen LogP contribution in [0.5, 0.6) is 0 Å². The molecule has 0 aromatic carbocycles. The van der Waals surface area contributed by atoms with E-state index in [0.717, 1.165) is 12.1 Å². The third-order valence-corrected chi connectivity index (χ3v) is 2.14. The van der Waals surface area contributed by atoms with Gasteiger partial charge in [0.25, 0.3) is 0 Å². The summed E-state index contributed by atoms with van der Waals surface area (Å²) in [4.78, 5) is 10.6. The van der Waals surface area contributed by atoms with Crippen molar-refractivity contribution < 1.29 is 9.90 Å². The van der Waals surface area contributed by atoms with Crippen molar-refractivity contribution in [2.24, 2.45) is 0 Å². The van der Waals surface area contributed by atoms with Crippen molar-refractivity contribution in [2.75, 3.05) is 0 Å². The summed E-state index contributed by atoms with van der Waals surface area (Å²) < 4.78 is 1.79. The van der Waals surface area contributed by atoms with E-state index in [1.54, 1.807) is 4.68 Å². The van der Waals surface area contributed by atoms with E-state index in [4.69, 9.17) is 5.11 Å². The first-order chi connectivity index (χ1) is 6.54. The highest BCUT2D eigenvalue weighted by atomic mass is 16.4. The van der Waals surface area contributed by atoms with Gasteiger partial charge >= 0.3 is 5.97 Å². The van der Waals surface area contributed by atoms with Crippen molar-refractivity contribution in [3.63, 3.8) is 0 Å². The van der Waals surface area contributed by atoms with E-state index in [9.17, 15) is 4.79 Å². The lowest BCUT2D eigenvalue weighted by Crippen LogP contribution is -2.04. The first kappa shape index (κ1) is 10.8. The standard InChI is InChI=1S/C10H16N2O2/c1-4-12-6-8(7(2)3)9(11-12)5-10(13)14/h6-7H,4-5H2,1-3H3,(H,13,14). The Kier molecular flexibility index (Phi) is 3.28. The van der Waals surface area contributed by atoms with Crippen molar-refractivity contribution in [1.82, 2.24) is 9.78 Å². The number of aliphatic carboxylic acids is 1. The molecule has 4 heteroatoms. The summed E-state index contributed by atoms with van der Waals surface area (Å²) in [6.07, 6.45) is 1.95. The van der Waals surface area contributed by atoms with E-state index in [2.05, 4.69) is 5.10 Å². The predicted octanol–water partition coefficient (Wildman–Crippen LogP) is 1.65. The molecular formula is C10H16N2O2. The summed E-state index contributed by atoms with van der Waals surface area (Å²) in [5.74, 6) is -0.502. The number of rotatable bonds is 4. The fourth-order valence-electron chi connectivity index (χ4n) is 1.40. The molecule has 0 aliphatic heterocycles. The van der Waals surface area contributed by atoms with Gasteiger partial charge in [0, 0.05) is 12.7 Å². The van der Waals surface area contributed by atoms with Crippen LogP contribution in [0.25, 0.3) is 0 Å². The first-order valence-corrected chi connectivity index (χ1v) is 4.82. The molecule has 0 unspecified atom stereocenters. The van der Waals surface area contributed by atoms with E-state index in [-0.39, 0.29) is 6.42 Å². The van der Waals surface area contributed by atoms with Crippen molar-refractivity contribution >= 4 is 5.97 Å². The van der Waals surface area contributed by atoms with Gasteiger partial charge in [-0.1, -0.05) is 13.8 Å². The third kappa shape index (κ3) is 2.34. The Morgan fingerprint density at radius 1 is 1.64 bits per heavy atom. The zero-order valence-electron chi connectivity index (χ0n) is 8.82. The molecule has 0 bridgehead atoms. The Labute approximate surface area is 83.5 Å². The second-order valence-corrected chi connectivity index (χ2v) is 3.61. The molecule has 1 heterocycles. The van der Waals surface area contributed by atoms with Crippen LogP contribution in [0, 0.1) is 0 Å². The zero-order valence-corrected chi connectivity index (χ0v) is 8.82. The van der Waals surface area contributed by atoms with Crippen molar-refractivity contribution in [1.29, 1.82) is 0 Å². The molecule has 4 nitrogen and oxygen atoms in total. The van der Waals surface area contributed by atoms with Gasteiger partial charge in [-0.25, -0.2) is 0 Å². The van der Waals surface area contributed by atoms with E-state index in [1.807, 2.05) is 27.0 Å². The number of carboxylic acids is 1. The van der Waals surface area contributed by atoms with Gasteiger partial charge in [0.1, 0.15) is 0 Å². The minimum atomic E-state index is -0.826. The molecule has 1 aromatic rings. The monoisotopic (exact) mass is 196 g/mol. The van der Waals surface area contributed by atoms with Gasteiger partial charge in [-0.2, -0.15) is 5.10 Å². The molecule has 0 aliphatic carbocycles. The number of carboxylic acid groups (broad SMARTS) is 1. The summed E-state index contributed by atoms with van der Waals surface area (Å²) >= 11 is 0. The lowest BCUT2D eigenvalue weighted by Gasteiger charge is -2.02. The lowest BCUT2D eigenvalue weighted by molar-refractivity contribution is -0.136. The Morgan fingerprint density at radius 2 is 2.29 bits per heavy atom. The Bertz CT molecular complexity index is 329. The van der Waals surface area contributed by atoms with E-state index >= 15 is 0 Å². The van der Waals surface area contributed by atoms with Crippen LogP contribution < -0.4 is 0 Å². The van der Waals surface area contributed by atoms with Crippen molar-refractivity contribution in [2.45, 2.75) is 39.7 Å². The number of hydrogen-bond donors (Lipinski definition) is 1. The predicted molar refractivity (Wildman–Crippen MR) is 53.3 cm³/mol. The molecule has 0 atom stereocenters. The van der Waals surface area contributed by atoms with Gasteiger partial charge in [0.05, 0.1) is 12.1 Å². The van der Waals surface area contributed by atoms with Gasteiger partial charge in [-0.3, -0.25) is 9.48 Å². The fourth-order valence-corrected chi connectivity index (χ4v) is 1.40. The Morgan fingerprint density at radius 3 is 2.71 bits per heavy atom. The van der Waals surface area contributed by atoms with Crippen molar-refractivity contribution in [3.05, 3.63) is 17.5 Å². The molecule has 0 aliphatic rings. The zero-order chi connectivity index (χ0) is 10.7. The molecule has 0 fully saturated rings. The summed E-state index contributed by atoms with van der Waals surface area (Å²) in [5.41, 5.74) is 1.73. The quantitative estimate of drug-likeness (QED) is 0.796. The average Bonchev–Trinajstić information content (AvgIpc) is 2.46. The molecular weight excluding hydrogens is 180 g/mol. The van der Waals surface area contributed by atoms with Crippen LogP contribution in [0.15, 0.2) is 6.20 Å². The maximum Gasteiger partial charge on any atom is 0.309 e. The molecule has 1 aromatic heterocycles. The highest BCUT2D eigenvalue weighted by Crippen LogP contribution is 2.18. The fraction of sp³-hybridized carbons (Fsp3) is 0.600. The highest BCUT2D eigenvalue weighted by Gasteiger charge is 2.14. The van der Waals surface area contributed by atoms with Crippen LogP contribution in [0.2, 0.25) is 0 Å². The number of hydrogen-bond acceptors (Lipinski definition) is 2. The molecule has 1 N–H and O–H groups in total. The maximum absolute atomic E-state index is 10.6. The Hall–Kier alpha value is -1.32. The largest absolute Gasteiger partial charge is 0.481 e. The van der Waals surface area contributed by atoms with Crippen LogP contribution >= 0.6 is 0 Å². The molecule has 0 saturated carbocycles. The first-order valence-electron chi connectivity index (χ1n) is 4.82. The van der Waals surface area contributed by atoms with Crippen LogP contribution in [-0.4, -0.2) is 20.9 Å². The summed E-state index contributed by atoms with van der Waals surface area (Å²) in [6, 6.07) is 0. The molecule has 0 amide bonds. The minimum Gasteiger partial charge on any atom is -0.481 e. The van der Waals surface area contributed by atoms with E-state index in [0.29, 0.717) is 11.6 Å². The summed E-state index contributed by atoms with van der Waals surface area (Å²) in [6.45, 7) is 6.85. The van der Waals surface area contributed by atoms with E-state index < -0.39 is 5.97 Å². The van der Waals surface area contributed by atoms with Gasteiger partial charge in [0.2, 0.25) is 0 Å². The number of aryl methyl sites for hydroxylation is 1. The lowest BCUT2D eigenvalue weighted by atomic mass is 10.0. The van der Waals surface area contributed by atoms with Crippen LogP contribution in [0.1, 0.15) is 37.9 Å². The van der Waals surface area contributed by atoms with Crippen LogP contribution in [0.3, 0.4) is 0 Å².